The second-order valence-electron chi connectivity index (χ2n) is 3.77. The highest BCUT2D eigenvalue weighted by atomic mass is 32.2. The molecular weight excluding hydrogens is 288 g/mol. The first-order chi connectivity index (χ1) is 9.25. The Balaban J connectivity index is 2.87. The standard InChI is InChI=1S/C11H14N2O6S/c1-2-19-10(14)6-20(17,18)13-9-4-3-7(11(15)16)5-8(9)12/h3-5,13H,2,6,12H2,1H3,(H,15,16). The van der Waals surface area contributed by atoms with Crippen LogP contribution in [0.25, 0.3) is 0 Å². The summed E-state index contributed by atoms with van der Waals surface area (Å²) in [5.41, 5.74) is 5.42. The number of aromatic carboxylic acids is 1. The van der Waals surface area contributed by atoms with Gasteiger partial charge in [0.05, 0.1) is 23.5 Å². The molecule has 0 amide bonds. The van der Waals surface area contributed by atoms with Crippen molar-refractivity contribution in [1.82, 2.24) is 0 Å². The van der Waals surface area contributed by atoms with Crippen LogP contribution >= 0.6 is 0 Å². The van der Waals surface area contributed by atoms with Gasteiger partial charge in [-0.2, -0.15) is 0 Å². The van der Waals surface area contributed by atoms with E-state index in [4.69, 9.17) is 10.8 Å². The van der Waals surface area contributed by atoms with Crippen molar-refractivity contribution < 1.29 is 27.9 Å². The molecule has 1 rings (SSSR count). The third kappa shape index (κ3) is 4.43. The van der Waals surface area contributed by atoms with Crippen LogP contribution in [0.3, 0.4) is 0 Å². The molecule has 8 nitrogen and oxygen atoms in total. The van der Waals surface area contributed by atoms with Crippen molar-refractivity contribution in [1.29, 1.82) is 0 Å². The highest BCUT2D eigenvalue weighted by molar-refractivity contribution is 7.93. The number of anilines is 2. The van der Waals surface area contributed by atoms with E-state index in [1.807, 2.05) is 0 Å². The molecule has 0 unspecified atom stereocenters. The number of esters is 1. The van der Waals surface area contributed by atoms with Gasteiger partial charge in [0.1, 0.15) is 0 Å². The molecule has 4 N–H and O–H groups in total. The average Bonchev–Trinajstić information content (AvgIpc) is 2.30. The lowest BCUT2D eigenvalue weighted by Crippen LogP contribution is -2.24. The maximum absolute atomic E-state index is 11.7. The van der Waals surface area contributed by atoms with E-state index in [-0.39, 0.29) is 23.5 Å². The van der Waals surface area contributed by atoms with E-state index in [0.29, 0.717) is 0 Å². The molecule has 9 heteroatoms. The molecule has 0 radical (unpaired) electrons. The molecule has 20 heavy (non-hydrogen) atoms. The van der Waals surface area contributed by atoms with Gasteiger partial charge in [-0.3, -0.25) is 9.52 Å². The number of nitrogen functional groups attached to an aromatic ring is 1. The number of carbonyl (C=O) groups excluding carboxylic acids is 1. The zero-order valence-electron chi connectivity index (χ0n) is 10.6. The van der Waals surface area contributed by atoms with Crippen molar-refractivity contribution in [2.24, 2.45) is 0 Å². The molecule has 0 atom stereocenters. The summed E-state index contributed by atoms with van der Waals surface area (Å²) in [5.74, 6) is -2.92. The lowest BCUT2D eigenvalue weighted by Gasteiger charge is -2.10. The van der Waals surface area contributed by atoms with Crippen molar-refractivity contribution in [3.05, 3.63) is 23.8 Å². The maximum Gasteiger partial charge on any atom is 0.335 e. The van der Waals surface area contributed by atoms with E-state index >= 15 is 0 Å². The number of carboxylic acids is 1. The van der Waals surface area contributed by atoms with Gasteiger partial charge in [-0.1, -0.05) is 0 Å². The summed E-state index contributed by atoms with van der Waals surface area (Å²) < 4.78 is 30.0. The predicted octanol–water partition coefficient (Wildman–Crippen LogP) is 0.272. The van der Waals surface area contributed by atoms with Gasteiger partial charge >= 0.3 is 11.9 Å². The quantitative estimate of drug-likeness (QED) is 0.507. The number of nitrogens with two attached hydrogens (primary N) is 1. The molecule has 0 aliphatic carbocycles. The van der Waals surface area contributed by atoms with Crippen molar-refractivity contribution >= 4 is 33.3 Å². The molecule has 0 bridgehead atoms. The van der Waals surface area contributed by atoms with Crippen molar-refractivity contribution in [3.63, 3.8) is 0 Å². The highest BCUT2D eigenvalue weighted by Crippen LogP contribution is 2.21. The van der Waals surface area contributed by atoms with Crippen LogP contribution < -0.4 is 10.5 Å². The Morgan fingerprint density at radius 1 is 1.40 bits per heavy atom. The Morgan fingerprint density at radius 3 is 2.55 bits per heavy atom. The summed E-state index contributed by atoms with van der Waals surface area (Å²) in [6, 6.07) is 3.52. The van der Waals surface area contributed by atoms with Gasteiger partial charge < -0.3 is 15.6 Å². The van der Waals surface area contributed by atoms with Crippen LogP contribution in [0.2, 0.25) is 0 Å². The molecule has 1 aromatic rings. The summed E-state index contributed by atoms with van der Waals surface area (Å²) >= 11 is 0. The predicted molar refractivity (Wildman–Crippen MR) is 71.9 cm³/mol. The molecule has 0 saturated heterocycles. The lowest BCUT2D eigenvalue weighted by atomic mass is 10.2. The van der Waals surface area contributed by atoms with Crippen LogP contribution in [0.1, 0.15) is 17.3 Å². The first-order valence-corrected chi connectivity index (χ1v) is 7.19. The van der Waals surface area contributed by atoms with E-state index in [2.05, 4.69) is 9.46 Å². The van der Waals surface area contributed by atoms with E-state index in [9.17, 15) is 18.0 Å². The minimum absolute atomic E-state index is 0.000650. The zero-order valence-corrected chi connectivity index (χ0v) is 11.4. The second-order valence-corrected chi connectivity index (χ2v) is 5.50. The molecule has 1 aromatic carbocycles. The van der Waals surface area contributed by atoms with Gasteiger partial charge in [0, 0.05) is 0 Å². The highest BCUT2D eigenvalue weighted by Gasteiger charge is 2.19. The Kier molecular flexibility index (Phi) is 4.92. The minimum Gasteiger partial charge on any atom is -0.478 e. The topological polar surface area (TPSA) is 136 Å². The molecule has 110 valence electrons. The Bertz CT molecular complexity index is 626. The summed E-state index contributed by atoms with van der Waals surface area (Å²) in [7, 11) is -3.96. The minimum atomic E-state index is -3.96. The fraction of sp³-hybridized carbons (Fsp3) is 0.273. The number of benzene rings is 1. The Labute approximate surface area is 115 Å². The zero-order chi connectivity index (χ0) is 15.3. The molecular formula is C11H14N2O6S. The fourth-order valence-electron chi connectivity index (χ4n) is 1.35. The van der Waals surface area contributed by atoms with Gasteiger partial charge in [-0.15, -0.1) is 0 Å². The number of hydrogen-bond acceptors (Lipinski definition) is 6. The van der Waals surface area contributed by atoms with Crippen molar-refractivity contribution in [3.8, 4) is 0 Å². The van der Waals surface area contributed by atoms with Gasteiger partial charge in [0.2, 0.25) is 10.0 Å². The van der Waals surface area contributed by atoms with Crippen LogP contribution in [0.4, 0.5) is 11.4 Å². The summed E-state index contributed by atoms with van der Waals surface area (Å²) in [6.07, 6.45) is 0. The van der Waals surface area contributed by atoms with Crippen molar-refractivity contribution in [2.45, 2.75) is 6.92 Å². The van der Waals surface area contributed by atoms with Crippen LogP contribution in [-0.4, -0.2) is 37.8 Å². The van der Waals surface area contributed by atoms with E-state index in [0.717, 1.165) is 6.07 Å². The summed E-state index contributed by atoms with van der Waals surface area (Å²) in [4.78, 5) is 21.8. The molecule has 0 aliphatic rings. The smallest absolute Gasteiger partial charge is 0.335 e. The molecule has 0 aromatic heterocycles. The van der Waals surface area contributed by atoms with Gasteiger partial charge in [-0.05, 0) is 25.1 Å². The Morgan fingerprint density at radius 2 is 2.05 bits per heavy atom. The number of ether oxygens (including phenoxy) is 1. The van der Waals surface area contributed by atoms with Crippen LogP contribution in [0.15, 0.2) is 18.2 Å². The maximum atomic E-state index is 11.7. The number of nitrogens with one attached hydrogen (secondary N) is 1. The van der Waals surface area contributed by atoms with E-state index < -0.39 is 27.7 Å². The van der Waals surface area contributed by atoms with Crippen LogP contribution in [-0.2, 0) is 19.6 Å². The first kappa shape index (κ1) is 15.8. The second kappa shape index (κ2) is 6.24. The van der Waals surface area contributed by atoms with E-state index in [1.54, 1.807) is 6.92 Å². The number of hydrogen-bond donors (Lipinski definition) is 3. The Hall–Kier alpha value is -2.29. The average molecular weight is 302 g/mol. The normalized spacial score (nSPS) is 10.8. The van der Waals surface area contributed by atoms with Crippen LogP contribution in [0, 0.1) is 0 Å². The molecule has 0 spiro atoms. The summed E-state index contributed by atoms with van der Waals surface area (Å²) in [6.45, 7) is 1.63. The molecule has 0 fully saturated rings. The van der Waals surface area contributed by atoms with Gasteiger partial charge in [0.15, 0.2) is 5.75 Å². The monoisotopic (exact) mass is 302 g/mol. The van der Waals surface area contributed by atoms with Crippen LogP contribution in [0.5, 0.6) is 0 Å². The number of sulfonamides is 1. The fourth-order valence-corrected chi connectivity index (χ4v) is 2.34. The third-order valence-electron chi connectivity index (χ3n) is 2.18. The lowest BCUT2D eigenvalue weighted by molar-refractivity contribution is -0.139. The number of carbonyl (C=O) groups is 2. The van der Waals surface area contributed by atoms with Crippen molar-refractivity contribution in [2.75, 3.05) is 22.8 Å². The molecule has 0 heterocycles. The van der Waals surface area contributed by atoms with E-state index in [1.165, 1.54) is 12.1 Å². The first-order valence-electron chi connectivity index (χ1n) is 5.54. The SMILES string of the molecule is CCOC(=O)CS(=O)(=O)Nc1ccc(C(=O)O)cc1N. The van der Waals surface area contributed by atoms with Gasteiger partial charge in [0.25, 0.3) is 0 Å². The number of carboxylic acid groups (broad SMARTS) is 1. The number of rotatable bonds is 6. The third-order valence-corrected chi connectivity index (χ3v) is 3.32. The molecule has 0 saturated carbocycles. The summed E-state index contributed by atoms with van der Waals surface area (Å²) in [5, 5.41) is 8.76. The largest absolute Gasteiger partial charge is 0.478 e. The molecule has 0 aliphatic heterocycles. The van der Waals surface area contributed by atoms with Gasteiger partial charge in [-0.25, -0.2) is 13.2 Å².